The van der Waals surface area contributed by atoms with Crippen LogP contribution < -0.4 is 35.0 Å². The number of carbonyl (C=O) groups excluding carboxylic acids is 2. The molecule has 0 aliphatic heterocycles. The van der Waals surface area contributed by atoms with Gasteiger partial charge in [0.2, 0.25) is 23.0 Å². The maximum absolute atomic E-state index is 14.3. The predicted molar refractivity (Wildman–Crippen MR) is 206 cm³/mol. The van der Waals surface area contributed by atoms with Gasteiger partial charge >= 0.3 is 0 Å². The van der Waals surface area contributed by atoms with Crippen molar-refractivity contribution in [3.8, 4) is 45.4 Å². The molecule has 0 spiro atoms. The molecule has 2 heterocycles. The Kier molecular flexibility index (Phi) is 10.3. The second-order valence-corrected chi connectivity index (χ2v) is 13.2. The number of amides is 2. The molecule has 0 bridgehead atoms. The van der Waals surface area contributed by atoms with Crippen LogP contribution >= 0.6 is 0 Å². The van der Waals surface area contributed by atoms with E-state index in [0.717, 1.165) is 22.4 Å². The second-order valence-electron chi connectivity index (χ2n) is 13.2. The number of imidazole rings is 1. The zero-order chi connectivity index (χ0) is 37.9. The van der Waals surface area contributed by atoms with Crippen molar-refractivity contribution >= 4 is 33.8 Å². The standard InChI is InChI=1S/C42H42N4O8/c1-23(47)44-31-17-14-25-19-35(51-3)41(52-4)42(53-5)38(25)28-20-29-30(22-37(49)43-18-8-11-36-45-32-9-6-7-10-33(32)46-36)39(24-12-15-26(50-2)16-13-24)54-40(29)34(48)21-27(28)31/h6-7,9-10,12-13,15-16,19-21,31H,8,11,14,17-18,22H2,1-5H3,(H,43,49)(H,44,47)(H,45,46)/t31-/m0/s1. The van der Waals surface area contributed by atoms with Crippen molar-refractivity contribution in [3.05, 3.63) is 99.5 Å². The van der Waals surface area contributed by atoms with Crippen LogP contribution in [0.5, 0.6) is 23.0 Å². The highest BCUT2D eigenvalue weighted by Crippen LogP contribution is 2.51. The summed E-state index contributed by atoms with van der Waals surface area (Å²) in [5.41, 5.74) is 5.60. The average molecular weight is 731 g/mol. The van der Waals surface area contributed by atoms with Crippen molar-refractivity contribution in [1.82, 2.24) is 20.6 Å². The maximum Gasteiger partial charge on any atom is 0.224 e. The topological polar surface area (TPSA) is 154 Å². The number of para-hydroxylation sites is 2. The number of H-pyrrole nitrogens is 1. The molecule has 7 rings (SSSR count). The van der Waals surface area contributed by atoms with E-state index in [0.29, 0.717) is 94.2 Å². The molecule has 1 aliphatic carbocycles. The Morgan fingerprint density at radius 2 is 1.72 bits per heavy atom. The van der Waals surface area contributed by atoms with Gasteiger partial charge in [-0.25, -0.2) is 4.98 Å². The van der Waals surface area contributed by atoms with Gasteiger partial charge in [0.1, 0.15) is 17.3 Å². The van der Waals surface area contributed by atoms with Gasteiger partial charge in [0.25, 0.3) is 0 Å². The lowest BCUT2D eigenvalue weighted by Gasteiger charge is -2.20. The van der Waals surface area contributed by atoms with Gasteiger partial charge in [0.15, 0.2) is 17.1 Å². The van der Waals surface area contributed by atoms with Gasteiger partial charge < -0.3 is 39.0 Å². The molecule has 4 aromatic carbocycles. The van der Waals surface area contributed by atoms with Crippen molar-refractivity contribution in [2.75, 3.05) is 35.0 Å². The molecule has 2 aromatic heterocycles. The summed E-state index contributed by atoms with van der Waals surface area (Å²) >= 11 is 0. The summed E-state index contributed by atoms with van der Waals surface area (Å²) in [6.45, 7) is 1.87. The number of furan rings is 1. The van der Waals surface area contributed by atoms with Crippen molar-refractivity contribution in [3.63, 3.8) is 0 Å². The number of fused-ring (bicyclic) bond motifs is 5. The molecule has 278 valence electrons. The largest absolute Gasteiger partial charge is 0.497 e. The molecule has 0 unspecified atom stereocenters. The van der Waals surface area contributed by atoms with Gasteiger partial charge in [-0.2, -0.15) is 0 Å². The third-order valence-electron chi connectivity index (χ3n) is 9.83. The minimum absolute atomic E-state index is 0.0672. The first kappa shape index (κ1) is 36.1. The number of aromatic amines is 1. The predicted octanol–water partition coefficient (Wildman–Crippen LogP) is 6.45. The van der Waals surface area contributed by atoms with Gasteiger partial charge in [-0.15, -0.1) is 0 Å². The molecule has 1 atom stereocenters. The quantitative estimate of drug-likeness (QED) is 0.121. The summed E-state index contributed by atoms with van der Waals surface area (Å²) < 4.78 is 29.3. The van der Waals surface area contributed by atoms with Gasteiger partial charge in [-0.1, -0.05) is 12.1 Å². The molecule has 0 saturated carbocycles. The smallest absolute Gasteiger partial charge is 0.224 e. The fourth-order valence-electron chi connectivity index (χ4n) is 7.36. The summed E-state index contributed by atoms with van der Waals surface area (Å²) in [5, 5.41) is 6.57. The number of ether oxygens (including phenoxy) is 4. The Labute approximate surface area is 311 Å². The van der Waals surface area contributed by atoms with Crippen molar-refractivity contribution in [1.29, 1.82) is 0 Å². The maximum atomic E-state index is 14.3. The number of nitrogens with one attached hydrogen (secondary N) is 3. The van der Waals surface area contributed by atoms with Crippen molar-refractivity contribution in [2.24, 2.45) is 0 Å². The lowest BCUT2D eigenvalue weighted by molar-refractivity contribution is -0.121. The molecule has 2 amide bonds. The SMILES string of the molecule is COc1ccc(-c2oc3c(=O)cc4c(cc3c2CC(=O)NCCCc2nc3ccccc3[nH]2)-c2c(cc(OC)c(OC)c2OC)CC[C@@H]4NC(C)=O)cc1. The molecule has 12 nitrogen and oxygen atoms in total. The minimum atomic E-state index is -0.504. The number of hydrogen-bond donors (Lipinski definition) is 3. The van der Waals surface area contributed by atoms with Crippen LogP contribution in [0.2, 0.25) is 0 Å². The average Bonchev–Trinajstić information content (AvgIpc) is 3.68. The Bertz CT molecular complexity index is 2400. The molecule has 3 N–H and O–H groups in total. The molecule has 54 heavy (non-hydrogen) atoms. The fraction of sp³-hybridized carbons (Fsp3) is 0.286. The van der Waals surface area contributed by atoms with Crippen LogP contribution in [0.4, 0.5) is 0 Å². The van der Waals surface area contributed by atoms with E-state index in [1.54, 1.807) is 33.5 Å². The molecule has 1 aliphatic rings. The van der Waals surface area contributed by atoms with Crippen LogP contribution in [0.1, 0.15) is 48.3 Å². The van der Waals surface area contributed by atoms with Crippen LogP contribution in [0.3, 0.4) is 0 Å². The number of benzene rings is 3. The number of hydrogen-bond acceptors (Lipinski definition) is 9. The zero-order valence-corrected chi connectivity index (χ0v) is 30.9. The van der Waals surface area contributed by atoms with E-state index in [4.69, 9.17) is 23.4 Å². The number of carbonyl (C=O) groups is 2. The van der Waals surface area contributed by atoms with Crippen molar-refractivity contribution in [2.45, 2.75) is 45.1 Å². The molecule has 0 fully saturated rings. The van der Waals surface area contributed by atoms with Crippen molar-refractivity contribution < 1.29 is 33.0 Å². The van der Waals surface area contributed by atoms with Crippen LogP contribution in [-0.4, -0.2) is 56.8 Å². The highest BCUT2D eigenvalue weighted by Gasteiger charge is 2.31. The third kappa shape index (κ3) is 6.94. The van der Waals surface area contributed by atoms with E-state index >= 15 is 0 Å². The number of methoxy groups -OCH3 is 4. The Hall–Kier alpha value is -6.30. The van der Waals surface area contributed by atoms with E-state index in [-0.39, 0.29) is 23.8 Å². The second kappa shape index (κ2) is 15.4. The van der Waals surface area contributed by atoms with Crippen LogP contribution in [0, 0.1) is 0 Å². The van der Waals surface area contributed by atoms with E-state index in [1.165, 1.54) is 20.1 Å². The lowest BCUT2D eigenvalue weighted by atomic mass is 9.94. The number of aryl methyl sites for hydroxylation is 2. The molecule has 12 heteroatoms. The Morgan fingerprint density at radius 3 is 2.43 bits per heavy atom. The third-order valence-corrected chi connectivity index (χ3v) is 9.83. The van der Waals surface area contributed by atoms with Crippen LogP contribution in [0.15, 0.2) is 75.9 Å². The molecule has 0 saturated heterocycles. The van der Waals surface area contributed by atoms with Crippen LogP contribution in [-0.2, 0) is 28.9 Å². The summed E-state index contributed by atoms with van der Waals surface area (Å²) in [7, 11) is 6.23. The number of rotatable bonds is 12. The van der Waals surface area contributed by atoms with Gasteiger partial charge in [0, 0.05) is 42.0 Å². The lowest BCUT2D eigenvalue weighted by Crippen LogP contribution is -2.26. The summed E-state index contributed by atoms with van der Waals surface area (Å²) in [6.07, 6.45) is 2.31. The van der Waals surface area contributed by atoms with E-state index in [1.807, 2.05) is 48.5 Å². The van der Waals surface area contributed by atoms with E-state index in [9.17, 15) is 14.4 Å². The fourth-order valence-corrected chi connectivity index (χ4v) is 7.36. The van der Waals surface area contributed by atoms with Gasteiger partial charge in [0.05, 0.1) is 51.9 Å². The first-order valence-corrected chi connectivity index (χ1v) is 17.8. The number of aromatic nitrogens is 2. The Balaban J connectivity index is 1.35. The first-order chi connectivity index (χ1) is 26.2. The highest BCUT2D eigenvalue weighted by atomic mass is 16.5. The van der Waals surface area contributed by atoms with E-state index < -0.39 is 11.5 Å². The summed E-state index contributed by atoms with van der Waals surface area (Å²) in [6, 6.07) is 19.9. The molecular weight excluding hydrogens is 688 g/mol. The van der Waals surface area contributed by atoms with Gasteiger partial charge in [-0.05, 0) is 90.6 Å². The van der Waals surface area contributed by atoms with Crippen LogP contribution in [0.25, 0.3) is 44.5 Å². The number of nitrogens with zero attached hydrogens (tertiary/aromatic N) is 1. The van der Waals surface area contributed by atoms with Gasteiger partial charge in [-0.3, -0.25) is 14.4 Å². The monoisotopic (exact) mass is 730 g/mol. The molecular formula is C42H42N4O8. The normalized spacial score (nSPS) is 13.5. The van der Waals surface area contributed by atoms with E-state index in [2.05, 4.69) is 20.6 Å². The highest BCUT2D eigenvalue weighted by molar-refractivity contribution is 5.96. The first-order valence-electron chi connectivity index (χ1n) is 17.8. The minimum Gasteiger partial charge on any atom is -0.497 e. The molecule has 6 aromatic rings. The summed E-state index contributed by atoms with van der Waals surface area (Å²) in [5.74, 6) is 2.73. The zero-order valence-electron chi connectivity index (χ0n) is 30.9. The molecule has 0 radical (unpaired) electrons. The summed E-state index contributed by atoms with van der Waals surface area (Å²) in [4.78, 5) is 48.5. The Morgan fingerprint density at radius 1 is 0.944 bits per heavy atom.